The Balaban J connectivity index is 2.41. The molecule has 0 heterocycles. The number of nitrogens with one attached hydrogen (secondary N) is 1. The van der Waals surface area contributed by atoms with E-state index in [0.717, 1.165) is 11.1 Å². The standard InChI is InChI=1S/C14H19NO3/c1-10-6-7-11(2)12(9-10)14(18)15-8-4-3-5-13(16)17/h6-7,9H,3-5,8H2,1-2H3,(H,15,18)(H,16,17). The van der Waals surface area contributed by atoms with Gasteiger partial charge in [-0.15, -0.1) is 0 Å². The second-order valence-corrected chi connectivity index (χ2v) is 4.43. The van der Waals surface area contributed by atoms with E-state index in [1.165, 1.54) is 0 Å². The minimum absolute atomic E-state index is 0.0912. The van der Waals surface area contributed by atoms with Crippen molar-refractivity contribution < 1.29 is 14.7 Å². The van der Waals surface area contributed by atoms with Gasteiger partial charge in [0, 0.05) is 18.5 Å². The molecule has 0 aliphatic heterocycles. The highest BCUT2D eigenvalue weighted by Gasteiger charge is 2.08. The third-order valence-corrected chi connectivity index (χ3v) is 2.74. The Kier molecular flexibility index (Phi) is 5.36. The lowest BCUT2D eigenvalue weighted by molar-refractivity contribution is -0.137. The van der Waals surface area contributed by atoms with Crippen LogP contribution in [0.3, 0.4) is 0 Å². The van der Waals surface area contributed by atoms with E-state index in [2.05, 4.69) is 5.32 Å². The summed E-state index contributed by atoms with van der Waals surface area (Å²) in [5, 5.41) is 11.3. The van der Waals surface area contributed by atoms with Gasteiger partial charge in [0.15, 0.2) is 0 Å². The van der Waals surface area contributed by atoms with Crippen molar-refractivity contribution in [2.45, 2.75) is 33.1 Å². The molecule has 0 atom stereocenters. The number of amides is 1. The smallest absolute Gasteiger partial charge is 0.303 e. The van der Waals surface area contributed by atoms with Gasteiger partial charge in [0.1, 0.15) is 0 Å². The first kappa shape index (κ1) is 14.2. The predicted octanol–water partition coefficient (Wildman–Crippen LogP) is 2.29. The van der Waals surface area contributed by atoms with Crippen LogP contribution in [-0.4, -0.2) is 23.5 Å². The fourth-order valence-corrected chi connectivity index (χ4v) is 1.68. The van der Waals surface area contributed by atoms with E-state index in [-0.39, 0.29) is 12.3 Å². The number of carboxylic acids is 1. The van der Waals surface area contributed by atoms with Crippen LogP contribution in [0.4, 0.5) is 0 Å². The summed E-state index contributed by atoms with van der Waals surface area (Å²) in [7, 11) is 0. The number of aryl methyl sites for hydroxylation is 2. The average Bonchev–Trinajstić information content (AvgIpc) is 2.31. The van der Waals surface area contributed by atoms with E-state index in [0.29, 0.717) is 24.9 Å². The minimum Gasteiger partial charge on any atom is -0.481 e. The Bertz CT molecular complexity index is 441. The Hall–Kier alpha value is -1.84. The number of carbonyl (C=O) groups is 2. The van der Waals surface area contributed by atoms with Crippen molar-refractivity contribution in [2.24, 2.45) is 0 Å². The van der Waals surface area contributed by atoms with Crippen molar-refractivity contribution in [3.63, 3.8) is 0 Å². The van der Waals surface area contributed by atoms with Crippen LogP contribution in [0.1, 0.15) is 40.7 Å². The van der Waals surface area contributed by atoms with Crippen LogP contribution in [0.15, 0.2) is 18.2 Å². The van der Waals surface area contributed by atoms with Crippen LogP contribution in [0.2, 0.25) is 0 Å². The van der Waals surface area contributed by atoms with Gasteiger partial charge < -0.3 is 10.4 Å². The first-order valence-corrected chi connectivity index (χ1v) is 6.08. The summed E-state index contributed by atoms with van der Waals surface area (Å²) < 4.78 is 0. The van der Waals surface area contributed by atoms with Crippen LogP contribution in [0, 0.1) is 13.8 Å². The molecule has 0 unspecified atom stereocenters. The largest absolute Gasteiger partial charge is 0.481 e. The summed E-state index contributed by atoms with van der Waals surface area (Å²) in [6.45, 7) is 4.36. The topological polar surface area (TPSA) is 66.4 Å². The molecule has 0 aliphatic carbocycles. The first-order chi connectivity index (χ1) is 8.50. The minimum atomic E-state index is -0.796. The molecular weight excluding hydrogens is 230 g/mol. The number of aliphatic carboxylic acids is 1. The molecule has 1 aromatic carbocycles. The summed E-state index contributed by atoms with van der Waals surface area (Å²) in [6.07, 6.45) is 1.42. The molecule has 0 bridgehead atoms. The summed E-state index contributed by atoms with van der Waals surface area (Å²) in [6, 6.07) is 5.76. The van der Waals surface area contributed by atoms with Gasteiger partial charge in [0.25, 0.3) is 5.91 Å². The highest BCUT2D eigenvalue weighted by atomic mass is 16.4. The molecule has 0 aliphatic rings. The van der Waals surface area contributed by atoms with E-state index < -0.39 is 5.97 Å². The van der Waals surface area contributed by atoms with Crippen LogP contribution in [0.25, 0.3) is 0 Å². The van der Waals surface area contributed by atoms with Gasteiger partial charge in [-0.05, 0) is 38.3 Å². The molecule has 1 amide bonds. The van der Waals surface area contributed by atoms with Gasteiger partial charge in [-0.25, -0.2) is 0 Å². The Morgan fingerprint density at radius 1 is 1.22 bits per heavy atom. The van der Waals surface area contributed by atoms with Crippen molar-refractivity contribution in [1.29, 1.82) is 0 Å². The number of carboxylic acid groups (broad SMARTS) is 1. The molecule has 4 heteroatoms. The maximum absolute atomic E-state index is 11.9. The van der Waals surface area contributed by atoms with Crippen LogP contribution in [0.5, 0.6) is 0 Å². The van der Waals surface area contributed by atoms with Crippen molar-refractivity contribution in [3.8, 4) is 0 Å². The zero-order chi connectivity index (χ0) is 13.5. The monoisotopic (exact) mass is 249 g/mol. The Labute approximate surface area is 107 Å². The lowest BCUT2D eigenvalue weighted by Crippen LogP contribution is -2.25. The average molecular weight is 249 g/mol. The molecule has 1 rings (SSSR count). The van der Waals surface area contributed by atoms with Gasteiger partial charge in [0.05, 0.1) is 0 Å². The number of unbranched alkanes of at least 4 members (excludes halogenated alkanes) is 1. The summed E-state index contributed by atoms with van der Waals surface area (Å²) in [4.78, 5) is 22.2. The highest BCUT2D eigenvalue weighted by molar-refractivity contribution is 5.95. The van der Waals surface area contributed by atoms with Crippen LogP contribution >= 0.6 is 0 Å². The van der Waals surface area contributed by atoms with E-state index in [9.17, 15) is 9.59 Å². The Morgan fingerprint density at radius 3 is 2.61 bits per heavy atom. The zero-order valence-corrected chi connectivity index (χ0v) is 10.8. The fraction of sp³-hybridized carbons (Fsp3) is 0.429. The van der Waals surface area contributed by atoms with Gasteiger partial charge in [-0.3, -0.25) is 9.59 Å². The summed E-state index contributed by atoms with van der Waals surface area (Å²) in [5.41, 5.74) is 2.69. The molecule has 0 saturated heterocycles. The Morgan fingerprint density at radius 2 is 1.94 bits per heavy atom. The summed E-state index contributed by atoms with van der Waals surface area (Å²) in [5.74, 6) is -0.887. The van der Waals surface area contributed by atoms with Crippen molar-refractivity contribution in [1.82, 2.24) is 5.32 Å². The maximum Gasteiger partial charge on any atom is 0.303 e. The predicted molar refractivity (Wildman–Crippen MR) is 69.7 cm³/mol. The number of benzene rings is 1. The highest BCUT2D eigenvalue weighted by Crippen LogP contribution is 2.10. The van der Waals surface area contributed by atoms with E-state index in [1.54, 1.807) is 0 Å². The zero-order valence-electron chi connectivity index (χ0n) is 10.8. The normalized spacial score (nSPS) is 10.1. The molecule has 18 heavy (non-hydrogen) atoms. The molecule has 0 spiro atoms. The second-order valence-electron chi connectivity index (χ2n) is 4.43. The van der Waals surface area contributed by atoms with Gasteiger partial charge in [0.2, 0.25) is 0 Å². The molecule has 4 nitrogen and oxygen atoms in total. The fourth-order valence-electron chi connectivity index (χ4n) is 1.68. The van der Waals surface area contributed by atoms with Crippen molar-refractivity contribution in [2.75, 3.05) is 6.54 Å². The molecule has 0 aromatic heterocycles. The molecule has 0 fully saturated rings. The second kappa shape index (κ2) is 6.79. The van der Waals surface area contributed by atoms with Gasteiger partial charge >= 0.3 is 5.97 Å². The van der Waals surface area contributed by atoms with E-state index in [1.807, 2.05) is 32.0 Å². The van der Waals surface area contributed by atoms with Crippen LogP contribution in [-0.2, 0) is 4.79 Å². The number of hydrogen-bond acceptors (Lipinski definition) is 2. The lowest BCUT2D eigenvalue weighted by atomic mass is 10.1. The molecule has 98 valence electrons. The number of carbonyl (C=O) groups excluding carboxylic acids is 1. The third-order valence-electron chi connectivity index (χ3n) is 2.74. The molecule has 2 N–H and O–H groups in total. The molecule has 1 aromatic rings. The molecular formula is C14H19NO3. The van der Waals surface area contributed by atoms with E-state index in [4.69, 9.17) is 5.11 Å². The maximum atomic E-state index is 11.9. The van der Waals surface area contributed by atoms with Gasteiger partial charge in [-0.2, -0.15) is 0 Å². The van der Waals surface area contributed by atoms with Gasteiger partial charge in [-0.1, -0.05) is 17.7 Å². The quantitative estimate of drug-likeness (QED) is 0.760. The molecule has 0 radical (unpaired) electrons. The van der Waals surface area contributed by atoms with Crippen LogP contribution < -0.4 is 5.32 Å². The summed E-state index contributed by atoms with van der Waals surface area (Å²) >= 11 is 0. The van der Waals surface area contributed by atoms with Crippen molar-refractivity contribution in [3.05, 3.63) is 34.9 Å². The molecule has 0 saturated carbocycles. The van der Waals surface area contributed by atoms with Crippen molar-refractivity contribution >= 4 is 11.9 Å². The number of rotatable bonds is 6. The SMILES string of the molecule is Cc1ccc(C)c(C(=O)NCCCCC(=O)O)c1. The lowest BCUT2D eigenvalue weighted by Gasteiger charge is -2.08. The van der Waals surface area contributed by atoms with E-state index >= 15 is 0 Å². The third kappa shape index (κ3) is 4.57. The first-order valence-electron chi connectivity index (χ1n) is 6.08. The number of hydrogen-bond donors (Lipinski definition) is 2.